The lowest BCUT2D eigenvalue weighted by Crippen LogP contribution is -2.38. The van der Waals surface area contributed by atoms with Gasteiger partial charge in [0.15, 0.2) is 4.80 Å². The molecule has 0 unspecified atom stereocenters. The number of benzene rings is 3. The molecule has 4 aromatic rings. The van der Waals surface area contributed by atoms with Crippen LogP contribution in [0.5, 0.6) is 5.75 Å². The van der Waals surface area contributed by atoms with Crippen LogP contribution >= 0.6 is 59.1 Å². The summed E-state index contributed by atoms with van der Waals surface area (Å²) in [6.07, 6.45) is 5.43. The van der Waals surface area contributed by atoms with Crippen molar-refractivity contribution in [3.05, 3.63) is 134 Å². The second kappa shape index (κ2) is 10.6. The van der Waals surface area contributed by atoms with Crippen molar-refractivity contribution in [2.75, 3.05) is 6.61 Å². The highest BCUT2D eigenvalue weighted by Gasteiger charge is 2.32. The fraction of sp³-hybridized carbons (Fsp3) is 0.133. The molecule has 0 spiro atoms. The Morgan fingerprint density at radius 3 is 2.53 bits per heavy atom. The topological polar surface area (TPSA) is 43.6 Å². The lowest BCUT2D eigenvalue weighted by atomic mass is 9.83. The van der Waals surface area contributed by atoms with E-state index in [1.807, 2.05) is 34.9 Å². The van der Waals surface area contributed by atoms with Crippen LogP contribution in [0.1, 0.15) is 34.7 Å². The first-order valence-corrected chi connectivity index (χ1v) is 15.3. The third-order valence-electron chi connectivity index (χ3n) is 6.72. The molecule has 4 nitrogen and oxygen atoms in total. The van der Waals surface area contributed by atoms with Crippen molar-refractivity contribution in [2.45, 2.75) is 18.9 Å². The van der Waals surface area contributed by atoms with Gasteiger partial charge >= 0.3 is 0 Å². The van der Waals surface area contributed by atoms with E-state index in [-0.39, 0.29) is 11.6 Å². The van der Waals surface area contributed by atoms with Gasteiger partial charge in [0.25, 0.3) is 5.56 Å². The molecule has 0 fully saturated rings. The Balaban J connectivity index is 1.55. The summed E-state index contributed by atoms with van der Waals surface area (Å²) in [5, 5.41) is 0. The SMILES string of the molecule is C=CCOc1c(Br)cc(C=c2sc3n(c2=O)[C@H](c2ccc(Br)cc2)C2=C(N=3)c3ccccc3CC2)cc1Br. The van der Waals surface area contributed by atoms with Crippen LogP contribution in [0, 0.1) is 0 Å². The predicted octanol–water partition coefficient (Wildman–Crippen LogP) is 7.17. The Morgan fingerprint density at radius 1 is 1.05 bits per heavy atom. The molecule has 1 aromatic heterocycles. The first-order valence-electron chi connectivity index (χ1n) is 12.1. The quantitative estimate of drug-likeness (QED) is 0.206. The number of hydrogen-bond acceptors (Lipinski definition) is 4. The molecule has 2 aliphatic rings. The summed E-state index contributed by atoms with van der Waals surface area (Å²) < 4.78 is 10.9. The Kier molecular flexibility index (Phi) is 7.16. The Hall–Kier alpha value is -2.52. The van der Waals surface area contributed by atoms with Crippen molar-refractivity contribution in [1.82, 2.24) is 4.57 Å². The van der Waals surface area contributed by atoms with Crippen molar-refractivity contribution in [2.24, 2.45) is 4.99 Å². The molecule has 1 atom stereocenters. The van der Waals surface area contributed by atoms with Crippen LogP contribution in [0.4, 0.5) is 0 Å². The normalized spacial score (nSPS) is 16.4. The highest BCUT2D eigenvalue weighted by Crippen LogP contribution is 2.41. The molecule has 0 N–H and O–H groups in total. The third-order valence-corrected chi connectivity index (χ3v) is 9.41. The number of hydrogen-bond donors (Lipinski definition) is 0. The van der Waals surface area contributed by atoms with Gasteiger partial charge in [-0.2, -0.15) is 0 Å². The minimum absolute atomic E-state index is 0.0358. The number of ether oxygens (including phenoxy) is 1. The minimum atomic E-state index is -0.196. The molecule has 190 valence electrons. The zero-order chi connectivity index (χ0) is 26.4. The van der Waals surface area contributed by atoms with Crippen LogP contribution in [0.15, 0.2) is 102 Å². The summed E-state index contributed by atoms with van der Waals surface area (Å²) >= 11 is 12.2. The molecular weight excluding hydrogens is 692 g/mol. The third kappa shape index (κ3) is 4.62. The van der Waals surface area contributed by atoms with E-state index in [4.69, 9.17) is 9.73 Å². The zero-order valence-electron chi connectivity index (χ0n) is 20.1. The Morgan fingerprint density at radius 2 is 1.79 bits per heavy atom. The van der Waals surface area contributed by atoms with Gasteiger partial charge in [0.1, 0.15) is 12.4 Å². The summed E-state index contributed by atoms with van der Waals surface area (Å²) in [5.41, 5.74) is 6.59. The monoisotopic (exact) mass is 710 g/mol. The molecule has 2 heterocycles. The molecule has 1 aliphatic carbocycles. The van der Waals surface area contributed by atoms with Crippen LogP contribution in [-0.4, -0.2) is 11.2 Å². The van der Waals surface area contributed by atoms with Gasteiger partial charge in [0.05, 0.1) is 25.2 Å². The number of allylic oxidation sites excluding steroid dienone is 1. The number of rotatable bonds is 5. The highest BCUT2D eigenvalue weighted by molar-refractivity contribution is 9.11. The molecular formula is C30H21Br3N2O2S. The van der Waals surface area contributed by atoms with Gasteiger partial charge in [-0.1, -0.05) is 76.3 Å². The number of fused-ring (bicyclic) bond motifs is 3. The average Bonchev–Trinajstić information content (AvgIpc) is 3.22. The second-order valence-corrected chi connectivity index (χ2v) is 12.7. The van der Waals surface area contributed by atoms with E-state index >= 15 is 0 Å². The van der Waals surface area contributed by atoms with E-state index in [0.29, 0.717) is 21.7 Å². The van der Waals surface area contributed by atoms with Gasteiger partial charge < -0.3 is 4.74 Å². The summed E-state index contributed by atoms with van der Waals surface area (Å²) in [6, 6.07) is 20.4. The maximum Gasteiger partial charge on any atom is 0.271 e. The summed E-state index contributed by atoms with van der Waals surface area (Å²) in [4.78, 5) is 19.8. The highest BCUT2D eigenvalue weighted by atomic mass is 79.9. The maximum atomic E-state index is 14.0. The molecule has 1 aliphatic heterocycles. The lowest BCUT2D eigenvalue weighted by molar-refractivity contribution is 0.358. The van der Waals surface area contributed by atoms with Crippen molar-refractivity contribution < 1.29 is 4.74 Å². The van der Waals surface area contributed by atoms with Gasteiger partial charge in [-0.25, -0.2) is 4.99 Å². The molecule has 38 heavy (non-hydrogen) atoms. The fourth-order valence-corrected chi connectivity index (χ4v) is 7.78. The summed E-state index contributed by atoms with van der Waals surface area (Å²) in [6.45, 7) is 4.11. The predicted molar refractivity (Wildman–Crippen MR) is 164 cm³/mol. The lowest BCUT2D eigenvalue weighted by Gasteiger charge is -2.30. The van der Waals surface area contributed by atoms with Crippen LogP contribution in [-0.2, 0) is 6.42 Å². The standard InChI is InChI=1S/C30H21Br3N2O2S/c1-2-13-37-28-23(32)14-17(15-24(28)33)16-25-29(36)35-27(19-7-10-20(31)11-8-19)22-12-9-18-5-3-4-6-21(18)26(22)34-30(35)38-25/h2-8,10-11,14-16,27H,1,9,12-13H2/t27-/m1/s1. The van der Waals surface area contributed by atoms with E-state index in [2.05, 4.69) is 90.8 Å². The number of nitrogens with zero attached hydrogens (tertiary/aromatic N) is 2. The Bertz CT molecular complexity index is 1780. The van der Waals surface area contributed by atoms with Crippen LogP contribution in [0.3, 0.4) is 0 Å². The summed E-state index contributed by atoms with van der Waals surface area (Å²) in [7, 11) is 0. The second-order valence-electron chi connectivity index (χ2n) is 9.08. The minimum Gasteiger partial charge on any atom is -0.487 e. The molecule has 3 aromatic carbocycles. The molecule has 0 saturated carbocycles. The molecule has 0 bridgehead atoms. The van der Waals surface area contributed by atoms with Gasteiger partial charge in [0.2, 0.25) is 0 Å². The van der Waals surface area contributed by atoms with Crippen LogP contribution < -0.4 is 19.6 Å². The maximum absolute atomic E-state index is 14.0. The zero-order valence-corrected chi connectivity index (χ0v) is 25.7. The number of halogens is 3. The van der Waals surface area contributed by atoms with E-state index < -0.39 is 0 Å². The van der Waals surface area contributed by atoms with E-state index in [9.17, 15) is 4.79 Å². The fourth-order valence-electron chi connectivity index (χ4n) is 5.06. The molecule has 6 rings (SSSR count). The van der Waals surface area contributed by atoms with Crippen molar-refractivity contribution in [3.63, 3.8) is 0 Å². The van der Waals surface area contributed by atoms with Gasteiger partial charge in [-0.15, -0.1) is 0 Å². The van der Waals surface area contributed by atoms with Gasteiger partial charge in [-0.05, 0) is 97.3 Å². The summed E-state index contributed by atoms with van der Waals surface area (Å²) in [5.74, 6) is 0.699. The number of aromatic nitrogens is 1. The van der Waals surface area contributed by atoms with Gasteiger partial charge in [-0.3, -0.25) is 9.36 Å². The van der Waals surface area contributed by atoms with E-state index in [1.54, 1.807) is 6.08 Å². The largest absolute Gasteiger partial charge is 0.487 e. The average molecular weight is 713 g/mol. The number of thiazole rings is 1. The van der Waals surface area contributed by atoms with Crippen LogP contribution in [0.25, 0.3) is 11.8 Å². The van der Waals surface area contributed by atoms with Crippen molar-refractivity contribution >= 4 is 70.9 Å². The van der Waals surface area contributed by atoms with Crippen LogP contribution in [0.2, 0.25) is 0 Å². The molecule has 8 heteroatoms. The van der Waals surface area contributed by atoms with Gasteiger partial charge in [0, 0.05) is 10.0 Å². The molecule has 0 radical (unpaired) electrons. The first kappa shape index (κ1) is 25.7. The van der Waals surface area contributed by atoms with E-state index in [0.717, 1.165) is 48.6 Å². The molecule has 0 amide bonds. The molecule has 0 saturated heterocycles. The van der Waals surface area contributed by atoms with Crippen molar-refractivity contribution in [1.29, 1.82) is 0 Å². The number of aryl methyl sites for hydroxylation is 1. The smallest absolute Gasteiger partial charge is 0.271 e. The first-order chi connectivity index (χ1) is 18.4. The van der Waals surface area contributed by atoms with E-state index in [1.165, 1.54) is 22.5 Å². The van der Waals surface area contributed by atoms with Crippen molar-refractivity contribution in [3.8, 4) is 5.75 Å². The Labute approximate surface area is 249 Å².